The van der Waals surface area contributed by atoms with Gasteiger partial charge in [-0.05, 0) is 37.3 Å². The number of ether oxygens (including phenoxy) is 3. The first kappa shape index (κ1) is 23.7. The van der Waals surface area contributed by atoms with Crippen LogP contribution in [0.1, 0.15) is 40.5 Å². The Balaban J connectivity index is 1.70. The van der Waals surface area contributed by atoms with Crippen molar-refractivity contribution in [1.29, 1.82) is 0 Å². The molecule has 5 aliphatic rings. The van der Waals surface area contributed by atoms with Gasteiger partial charge in [0.2, 0.25) is 6.10 Å². The number of aliphatic hydroxyl groups is 3. The molecule has 5 rings (SSSR count). The summed E-state index contributed by atoms with van der Waals surface area (Å²) in [4.78, 5) is 38.6. The van der Waals surface area contributed by atoms with Gasteiger partial charge in [0.05, 0.1) is 17.9 Å². The van der Waals surface area contributed by atoms with E-state index in [4.69, 9.17) is 14.2 Å². The summed E-state index contributed by atoms with van der Waals surface area (Å²) in [5, 5.41) is 34.2. The van der Waals surface area contributed by atoms with Crippen LogP contribution >= 0.6 is 0 Å². The minimum atomic E-state index is -2.16. The number of aliphatic hydroxyl groups excluding tert-OH is 2. The van der Waals surface area contributed by atoms with Crippen LogP contribution in [0.5, 0.6) is 0 Å². The number of carbonyl (C=O) groups is 3. The smallest absolute Gasteiger partial charge is 0.348 e. The molecule has 11 atom stereocenters. The fraction of sp³-hybridized carbons (Fsp3) is 0.720. The van der Waals surface area contributed by atoms with E-state index in [1.807, 2.05) is 6.92 Å². The molecule has 9 heteroatoms. The summed E-state index contributed by atoms with van der Waals surface area (Å²) < 4.78 is 17.4. The van der Waals surface area contributed by atoms with Crippen molar-refractivity contribution in [3.8, 4) is 0 Å². The van der Waals surface area contributed by atoms with Crippen LogP contribution in [0, 0.1) is 34.5 Å². The lowest BCUT2D eigenvalue weighted by atomic mass is 9.38. The molecule has 0 aromatic rings. The molecule has 1 spiro atoms. The van der Waals surface area contributed by atoms with Crippen LogP contribution in [0.4, 0.5) is 0 Å². The second kappa shape index (κ2) is 7.22. The topological polar surface area (TPSA) is 140 Å². The van der Waals surface area contributed by atoms with E-state index in [0.29, 0.717) is 12.0 Å². The zero-order valence-electron chi connectivity index (χ0n) is 19.8. The normalized spacial score (nSPS) is 50.0. The lowest BCUT2D eigenvalue weighted by Gasteiger charge is -2.67. The Kier molecular flexibility index (Phi) is 5.03. The van der Waals surface area contributed by atoms with Gasteiger partial charge in [-0.15, -0.1) is 0 Å². The highest BCUT2D eigenvalue weighted by Crippen LogP contribution is 2.73. The van der Waals surface area contributed by atoms with E-state index in [1.54, 1.807) is 20.8 Å². The fourth-order valence-electron chi connectivity index (χ4n) is 7.71. The molecule has 0 aromatic carbocycles. The number of esters is 2. The molecule has 0 amide bonds. The first-order chi connectivity index (χ1) is 15.8. The molecule has 2 heterocycles. The number of hydrogen-bond donors (Lipinski definition) is 3. The Morgan fingerprint density at radius 3 is 2.65 bits per heavy atom. The van der Waals surface area contributed by atoms with Gasteiger partial charge >= 0.3 is 11.9 Å². The van der Waals surface area contributed by atoms with Crippen LogP contribution in [0.25, 0.3) is 0 Å². The summed E-state index contributed by atoms with van der Waals surface area (Å²) in [6, 6.07) is 0. The average Bonchev–Trinajstić information content (AvgIpc) is 3.08. The third-order valence-corrected chi connectivity index (χ3v) is 9.48. The lowest BCUT2D eigenvalue weighted by Crippen LogP contribution is -2.76. The van der Waals surface area contributed by atoms with Crippen LogP contribution in [0.3, 0.4) is 0 Å². The monoisotopic (exact) mass is 476 g/mol. The van der Waals surface area contributed by atoms with Crippen LogP contribution in [0.2, 0.25) is 0 Å². The Bertz CT molecular complexity index is 1020. The molecule has 0 radical (unpaired) electrons. The Morgan fingerprint density at radius 2 is 2.00 bits per heavy atom. The molecule has 186 valence electrons. The van der Waals surface area contributed by atoms with Crippen molar-refractivity contribution in [2.45, 2.75) is 70.7 Å². The average molecular weight is 477 g/mol. The van der Waals surface area contributed by atoms with Gasteiger partial charge in [-0.2, -0.15) is 0 Å². The highest BCUT2D eigenvalue weighted by Gasteiger charge is 2.83. The molecule has 4 fully saturated rings. The van der Waals surface area contributed by atoms with Crippen LogP contribution in [-0.2, 0) is 28.6 Å². The van der Waals surface area contributed by atoms with Crippen molar-refractivity contribution in [3.05, 3.63) is 23.8 Å². The van der Waals surface area contributed by atoms with E-state index in [0.717, 1.165) is 0 Å². The van der Waals surface area contributed by atoms with Gasteiger partial charge in [0.25, 0.3) is 0 Å². The molecule has 3 aliphatic carbocycles. The predicted octanol–water partition coefficient (Wildman–Crippen LogP) is 0.654. The minimum Gasteiger partial charge on any atom is -0.459 e. The Morgan fingerprint density at radius 1 is 1.32 bits per heavy atom. The summed E-state index contributed by atoms with van der Waals surface area (Å²) in [6.07, 6.45) is -3.05. The van der Waals surface area contributed by atoms with Gasteiger partial charge in [0.1, 0.15) is 18.3 Å². The SMILES string of the molecule is C=C1[C@@H](O)C2(O)OC[C@@]34[C@H]1[C@@H](OC(=O)C(C)CC)C(=O)O[C@@H]3C[C@H]1C(C)=CC(=O)[C@@H](O)[C@]1(C)[C@@H]24. The summed E-state index contributed by atoms with van der Waals surface area (Å²) in [5.41, 5.74) is -1.56. The molecule has 2 unspecified atom stereocenters. The van der Waals surface area contributed by atoms with Gasteiger partial charge < -0.3 is 29.5 Å². The molecule has 3 N–H and O–H groups in total. The van der Waals surface area contributed by atoms with E-state index in [-0.39, 0.29) is 18.6 Å². The first-order valence-electron chi connectivity index (χ1n) is 11.9. The molecule has 0 aromatic heterocycles. The molecule has 2 bridgehead atoms. The van der Waals surface area contributed by atoms with Crippen molar-refractivity contribution >= 4 is 17.7 Å². The quantitative estimate of drug-likeness (QED) is 0.396. The second-order valence-electron chi connectivity index (χ2n) is 11.0. The number of allylic oxidation sites excluding steroid dienone is 1. The van der Waals surface area contributed by atoms with Gasteiger partial charge in [-0.3, -0.25) is 9.59 Å². The predicted molar refractivity (Wildman–Crippen MR) is 116 cm³/mol. The number of ketones is 1. The molecular formula is C25H32O9. The van der Waals surface area contributed by atoms with Crippen molar-refractivity contribution in [2.24, 2.45) is 34.5 Å². The molecule has 9 nitrogen and oxygen atoms in total. The summed E-state index contributed by atoms with van der Waals surface area (Å²) in [7, 11) is 0. The minimum absolute atomic E-state index is 0.115. The standard InChI is InChI=1S/C25H32O9/c1-6-10(2)20(29)34-17-16-12(4)18(27)25(31)22-23(5)13(11(3)7-14(26)19(23)28)8-15(33-21(17)30)24(16,22)9-32-25/h7,10,13,15-19,22,27-28,31H,4,6,8-9H2,1-3,5H3/t10?,13-,15+,16+,17+,18+,19+,22+,23+,24-,25?/m0/s1. The van der Waals surface area contributed by atoms with E-state index >= 15 is 0 Å². The number of carbonyl (C=O) groups excluding carboxylic acids is 3. The molecule has 34 heavy (non-hydrogen) atoms. The van der Waals surface area contributed by atoms with Crippen LogP contribution in [-0.4, -0.2) is 69.9 Å². The highest BCUT2D eigenvalue weighted by molar-refractivity contribution is 5.96. The fourth-order valence-corrected chi connectivity index (χ4v) is 7.71. The third kappa shape index (κ3) is 2.56. The summed E-state index contributed by atoms with van der Waals surface area (Å²) in [5.74, 6) is -6.75. The Labute approximate surface area is 197 Å². The molecular weight excluding hydrogens is 444 g/mol. The van der Waals surface area contributed by atoms with Crippen LogP contribution in [0.15, 0.2) is 23.8 Å². The number of fused-ring (bicyclic) bond motifs is 1. The zero-order chi connectivity index (χ0) is 25.0. The summed E-state index contributed by atoms with van der Waals surface area (Å²) >= 11 is 0. The van der Waals surface area contributed by atoms with Crippen molar-refractivity contribution < 1.29 is 43.9 Å². The molecule has 2 aliphatic heterocycles. The maximum Gasteiger partial charge on any atom is 0.348 e. The molecule has 2 saturated heterocycles. The Hall–Kier alpha value is -2.07. The summed E-state index contributed by atoms with van der Waals surface area (Å²) in [6.45, 7) is 10.9. The van der Waals surface area contributed by atoms with Crippen molar-refractivity contribution in [1.82, 2.24) is 0 Å². The maximum absolute atomic E-state index is 13.2. The van der Waals surface area contributed by atoms with E-state index in [1.165, 1.54) is 6.08 Å². The van der Waals surface area contributed by atoms with Gasteiger partial charge in [-0.25, -0.2) is 4.79 Å². The van der Waals surface area contributed by atoms with Gasteiger partial charge in [0, 0.05) is 17.3 Å². The molecule has 2 saturated carbocycles. The second-order valence-corrected chi connectivity index (χ2v) is 11.0. The van der Waals surface area contributed by atoms with Crippen molar-refractivity contribution in [2.75, 3.05) is 6.61 Å². The highest BCUT2D eigenvalue weighted by atomic mass is 16.7. The third-order valence-electron chi connectivity index (χ3n) is 9.48. The number of rotatable bonds is 3. The maximum atomic E-state index is 13.2. The van der Waals surface area contributed by atoms with Gasteiger partial charge in [0.15, 0.2) is 11.6 Å². The number of hydrogen-bond acceptors (Lipinski definition) is 9. The first-order valence-corrected chi connectivity index (χ1v) is 11.9. The van der Waals surface area contributed by atoms with E-state index < -0.39 is 82.4 Å². The van der Waals surface area contributed by atoms with E-state index in [9.17, 15) is 29.7 Å². The van der Waals surface area contributed by atoms with Gasteiger partial charge in [-0.1, -0.05) is 32.9 Å². The largest absolute Gasteiger partial charge is 0.459 e. The lowest BCUT2D eigenvalue weighted by molar-refractivity contribution is -0.311. The zero-order valence-corrected chi connectivity index (χ0v) is 19.8. The van der Waals surface area contributed by atoms with Crippen molar-refractivity contribution in [3.63, 3.8) is 0 Å². The van der Waals surface area contributed by atoms with Crippen LogP contribution < -0.4 is 0 Å². The van der Waals surface area contributed by atoms with E-state index in [2.05, 4.69) is 6.58 Å².